The number of ether oxygens (including phenoxy) is 1. The van der Waals surface area contributed by atoms with Crippen LogP contribution in [0.15, 0.2) is 24.3 Å². The van der Waals surface area contributed by atoms with E-state index in [1.165, 1.54) is 0 Å². The number of aliphatic hydroxyl groups excluding tert-OH is 1. The lowest BCUT2D eigenvalue weighted by atomic mass is 10.3. The summed E-state index contributed by atoms with van der Waals surface area (Å²) in [6.45, 7) is 6.01. The van der Waals surface area contributed by atoms with Crippen molar-refractivity contribution in [3.05, 3.63) is 24.3 Å². The summed E-state index contributed by atoms with van der Waals surface area (Å²) in [5, 5.41) is 10.1. The van der Waals surface area contributed by atoms with Gasteiger partial charge in [0.2, 0.25) is 0 Å². The molecule has 1 rings (SSSR count). The van der Waals surface area contributed by atoms with Gasteiger partial charge in [-0.1, -0.05) is 13.0 Å². The molecule has 0 saturated carbocycles. The summed E-state index contributed by atoms with van der Waals surface area (Å²) in [7, 11) is 4.15. The van der Waals surface area contributed by atoms with Crippen molar-refractivity contribution < 1.29 is 9.84 Å². The predicted molar refractivity (Wildman–Crippen MR) is 87.6 cm³/mol. The third-order valence-electron chi connectivity index (χ3n) is 3.30. The number of hydrogen-bond donors (Lipinski definition) is 2. The number of hydrogen-bond acceptors (Lipinski definition) is 5. The zero-order chi connectivity index (χ0) is 15.7. The third-order valence-corrected chi connectivity index (χ3v) is 3.30. The normalized spacial score (nSPS) is 12.9. The zero-order valence-corrected chi connectivity index (χ0v) is 13.5. The second-order valence-corrected chi connectivity index (χ2v) is 5.59. The van der Waals surface area contributed by atoms with Crippen LogP contribution >= 0.6 is 0 Å². The van der Waals surface area contributed by atoms with Gasteiger partial charge in [0.15, 0.2) is 0 Å². The monoisotopic (exact) mass is 295 g/mol. The van der Waals surface area contributed by atoms with Gasteiger partial charge in [-0.2, -0.15) is 0 Å². The summed E-state index contributed by atoms with van der Waals surface area (Å²) in [4.78, 5) is 4.42. The molecule has 1 aromatic carbocycles. The van der Waals surface area contributed by atoms with Crippen LogP contribution in [0.5, 0.6) is 5.75 Å². The van der Waals surface area contributed by atoms with Gasteiger partial charge in [0, 0.05) is 18.3 Å². The minimum Gasteiger partial charge on any atom is -0.491 e. The van der Waals surface area contributed by atoms with E-state index >= 15 is 0 Å². The van der Waals surface area contributed by atoms with Gasteiger partial charge < -0.3 is 25.4 Å². The Kier molecular flexibility index (Phi) is 8.12. The van der Waals surface area contributed by atoms with Crippen molar-refractivity contribution in [2.75, 3.05) is 52.6 Å². The molecule has 5 heteroatoms. The molecule has 0 aliphatic carbocycles. The molecule has 0 aliphatic rings. The van der Waals surface area contributed by atoms with Gasteiger partial charge >= 0.3 is 0 Å². The summed E-state index contributed by atoms with van der Waals surface area (Å²) in [5.74, 6) is 0.699. The highest BCUT2D eigenvalue weighted by Gasteiger charge is 2.11. The Morgan fingerprint density at radius 2 is 2.05 bits per heavy atom. The van der Waals surface area contributed by atoms with Crippen molar-refractivity contribution in [2.24, 2.45) is 0 Å². The Labute approximate surface area is 128 Å². The summed E-state index contributed by atoms with van der Waals surface area (Å²) < 4.78 is 5.57. The lowest BCUT2D eigenvalue weighted by molar-refractivity contribution is 0.0689. The fourth-order valence-electron chi connectivity index (χ4n) is 2.14. The Balaban J connectivity index is 2.28. The maximum Gasteiger partial charge on any atom is 0.121 e. The van der Waals surface area contributed by atoms with Gasteiger partial charge in [-0.05, 0) is 52.3 Å². The van der Waals surface area contributed by atoms with Crippen LogP contribution in [0, 0.1) is 0 Å². The first kappa shape index (κ1) is 17.8. The first-order valence-corrected chi connectivity index (χ1v) is 7.54. The smallest absolute Gasteiger partial charge is 0.121 e. The first-order chi connectivity index (χ1) is 10.0. The highest BCUT2D eigenvalue weighted by Crippen LogP contribution is 2.14. The van der Waals surface area contributed by atoms with E-state index in [4.69, 9.17) is 10.5 Å². The fourth-order valence-corrected chi connectivity index (χ4v) is 2.14. The number of aliphatic hydroxyl groups is 1. The number of nitrogens with two attached hydrogens (primary N) is 1. The van der Waals surface area contributed by atoms with Gasteiger partial charge in [-0.25, -0.2) is 0 Å². The van der Waals surface area contributed by atoms with Crippen LogP contribution in [0.4, 0.5) is 5.69 Å². The molecule has 1 unspecified atom stereocenters. The van der Waals surface area contributed by atoms with E-state index in [-0.39, 0.29) is 6.61 Å². The van der Waals surface area contributed by atoms with E-state index in [9.17, 15) is 5.11 Å². The summed E-state index contributed by atoms with van der Waals surface area (Å²) in [5.41, 5.74) is 6.36. The highest BCUT2D eigenvalue weighted by molar-refractivity contribution is 5.43. The van der Waals surface area contributed by atoms with E-state index in [0.717, 1.165) is 26.1 Å². The molecule has 1 atom stereocenters. The number of nitrogen functional groups attached to an aromatic ring is 1. The second kappa shape index (κ2) is 9.60. The molecule has 0 spiro atoms. The van der Waals surface area contributed by atoms with Crippen LogP contribution in [-0.4, -0.2) is 67.9 Å². The van der Waals surface area contributed by atoms with Crippen molar-refractivity contribution in [1.29, 1.82) is 0 Å². The zero-order valence-electron chi connectivity index (χ0n) is 13.5. The topological polar surface area (TPSA) is 62.0 Å². The molecule has 0 bridgehead atoms. The molecule has 1 aromatic rings. The lowest BCUT2D eigenvalue weighted by Crippen LogP contribution is -2.37. The highest BCUT2D eigenvalue weighted by atomic mass is 16.5. The molecule has 3 N–H and O–H groups in total. The van der Waals surface area contributed by atoms with Crippen molar-refractivity contribution in [3.63, 3.8) is 0 Å². The van der Waals surface area contributed by atoms with E-state index < -0.39 is 6.10 Å². The van der Waals surface area contributed by atoms with Gasteiger partial charge in [0.05, 0.1) is 0 Å². The van der Waals surface area contributed by atoms with E-state index in [0.29, 0.717) is 18.0 Å². The van der Waals surface area contributed by atoms with Gasteiger partial charge in [-0.3, -0.25) is 0 Å². The average molecular weight is 295 g/mol. The average Bonchev–Trinajstić information content (AvgIpc) is 2.44. The standard InChI is InChI=1S/C16H29N3O2/c1-4-19(10-6-9-18(2)3)12-15(20)13-21-16-8-5-7-14(17)11-16/h5,7-8,11,15,20H,4,6,9-10,12-13,17H2,1-3H3. The van der Waals surface area contributed by atoms with E-state index in [1.54, 1.807) is 6.07 Å². The van der Waals surface area contributed by atoms with Crippen molar-refractivity contribution in [3.8, 4) is 5.75 Å². The van der Waals surface area contributed by atoms with Gasteiger partial charge in [-0.15, -0.1) is 0 Å². The molecular weight excluding hydrogens is 266 g/mol. The number of rotatable bonds is 10. The van der Waals surface area contributed by atoms with Crippen LogP contribution in [0.3, 0.4) is 0 Å². The maximum atomic E-state index is 10.1. The third kappa shape index (κ3) is 7.90. The van der Waals surface area contributed by atoms with E-state index in [1.807, 2.05) is 18.2 Å². The number of nitrogens with zero attached hydrogens (tertiary/aromatic N) is 2. The molecule has 120 valence electrons. The second-order valence-electron chi connectivity index (χ2n) is 5.59. The molecule has 0 radical (unpaired) electrons. The van der Waals surface area contributed by atoms with Crippen LogP contribution < -0.4 is 10.5 Å². The lowest BCUT2D eigenvalue weighted by Gasteiger charge is -2.24. The Morgan fingerprint density at radius 1 is 1.29 bits per heavy atom. The van der Waals surface area contributed by atoms with E-state index in [2.05, 4.69) is 30.8 Å². The number of benzene rings is 1. The van der Waals surface area contributed by atoms with Crippen LogP contribution in [-0.2, 0) is 0 Å². The molecule has 0 aromatic heterocycles. The Bertz CT molecular complexity index is 399. The Morgan fingerprint density at radius 3 is 2.67 bits per heavy atom. The molecule has 21 heavy (non-hydrogen) atoms. The fraction of sp³-hybridized carbons (Fsp3) is 0.625. The van der Waals surface area contributed by atoms with Crippen LogP contribution in [0.1, 0.15) is 13.3 Å². The van der Waals surface area contributed by atoms with Crippen molar-refractivity contribution in [2.45, 2.75) is 19.4 Å². The molecule has 0 heterocycles. The predicted octanol–water partition coefficient (Wildman–Crippen LogP) is 1.28. The summed E-state index contributed by atoms with van der Waals surface area (Å²) >= 11 is 0. The summed E-state index contributed by atoms with van der Waals surface area (Å²) in [6.07, 6.45) is 0.606. The molecule has 0 fully saturated rings. The van der Waals surface area contributed by atoms with Gasteiger partial charge in [0.25, 0.3) is 0 Å². The minimum atomic E-state index is -0.495. The molecular formula is C16H29N3O2. The minimum absolute atomic E-state index is 0.285. The SMILES string of the molecule is CCN(CCCN(C)C)CC(O)COc1cccc(N)c1. The molecule has 0 amide bonds. The van der Waals surface area contributed by atoms with Crippen molar-refractivity contribution in [1.82, 2.24) is 9.80 Å². The van der Waals surface area contributed by atoms with Crippen molar-refractivity contribution >= 4 is 5.69 Å². The Hall–Kier alpha value is -1.30. The number of likely N-dealkylation sites (N-methyl/N-ethyl adjacent to an activating group) is 1. The summed E-state index contributed by atoms with van der Waals surface area (Å²) in [6, 6.07) is 7.27. The van der Waals surface area contributed by atoms with Crippen LogP contribution in [0.25, 0.3) is 0 Å². The number of anilines is 1. The first-order valence-electron chi connectivity index (χ1n) is 7.54. The van der Waals surface area contributed by atoms with Crippen LogP contribution in [0.2, 0.25) is 0 Å². The van der Waals surface area contributed by atoms with Gasteiger partial charge in [0.1, 0.15) is 18.5 Å². The quantitative estimate of drug-likeness (QED) is 0.637. The largest absolute Gasteiger partial charge is 0.491 e. The molecule has 5 nitrogen and oxygen atoms in total. The maximum absolute atomic E-state index is 10.1. The molecule has 0 aliphatic heterocycles. The molecule has 0 saturated heterocycles.